The number of nitrogens with zero attached hydrogens (tertiary/aromatic N) is 1. The summed E-state index contributed by atoms with van der Waals surface area (Å²) in [7, 11) is 0. The second-order valence-electron chi connectivity index (χ2n) is 9.91. The first-order valence-corrected chi connectivity index (χ1v) is 13.9. The minimum atomic E-state index is -0.0489. The summed E-state index contributed by atoms with van der Waals surface area (Å²) in [6.45, 7) is 27.2. The number of nitrogens with two attached hydrogens (primary N) is 1. The molecule has 3 aromatic rings. The average molecular weight is 495 g/mol. The molecule has 0 radical (unpaired) electrons. The van der Waals surface area contributed by atoms with Crippen molar-refractivity contribution in [3.63, 3.8) is 0 Å². The van der Waals surface area contributed by atoms with Crippen LogP contribution in [0.15, 0.2) is 36.4 Å². The summed E-state index contributed by atoms with van der Waals surface area (Å²) in [6.07, 6.45) is 3.43. The molecule has 1 aliphatic heterocycles. The first-order chi connectivity index (χ1) is 17.0. The monoisotopic (exact) mass is 494 g/mol. The Balaban J connectivity index is 0.000000531. The normalized spacial score (nSPS) is 12.7. The van der Waals surface area contributed by atoms with Gasteiger partial charge in [0.15, 0.2) is 0 Å². The van der Waals surface area contributed by atoms with Gasteiger partial charge in [0, 0.05) is 16.8 Å². The Labute approximate surface area is 222 Å². The lowest BCUT2D eigenvalue weighted by Crippen LogP contribution is -2.33. The fraction of sp³-hybridized carbons (Fsp3) is 0.545. The van der Waals surface area contributed by atoms with Crippen molar-refractivity contribution in [2.75, 3.05) is 5.73 Å². The van der Waals surface area contributed by atoms with Gasteiger partial charge in [0.05, 0.1) is 5.52 Å². The van der Waals surface area contributed by atoms with Crippen molar-refractivity contribution in [2.45, 2.75) is 115 Å². The van der Waals surface area contributed by atoms with Gasteiger partial charge in [-0.2, -0.15) is 0 Å². The zero-order valence-electron chi connectivity index (χ0n) is 25.6. The molecule has 1 aromatic heterocycles. The van der Waals surface area contributed by atoms with Crippen LogP contribution in [0.1, 0.15) is 103 Å². The van der Waals surface area contributed by atoms with E-state index >= 15 is 0 Å². The highest BCUT2D eigenvalue weighted by atomic mass is 16.5. The molecule has 3 nitrogen and oxygen atoms in total. The summed E-state index contributed by atoms with van der Waals surface area (Å²) < 4.78 is 6.11. The van der Waals surface area contributed by atoms with Crippen LogP contribution >= 0.6 is 0 Å². The number of anilines is 1. The van der Waals surface area contributed by atoms with Gasteiger partial charge < -0.3 is 10.5 Å². The molecule has 4 rings (SSSR count). The molecule has 0 bridgehead atoms. The van der Waals surface area contributed by atoms with E-state index in [4.69, 9.17) is 10.5 Å². The maximum atomic E-state index is 6.12. The first-order valence-electron chi connectivity index (χ1n) is 13.9. The topological polar surface area (TPSA) is 48.1 Å². The number of nitrogen functional groups attached to an aromatic ring is 1. The fourth-order valence-electron chi connectivity index (χ4n) is 3.57. The number of benzene rings is 2. The van der Waals surface area contributed by atoms with E-state index < -0.39 is 0 Å². The van der Waals surface area contributed by atoms with E-state index in [1.54, 1.807) is 0 Å². The Morgan fingerprint density at radius 1 is 0.889 bits per heavy atom. The van der Waals surface area contributed by atoms with E-state index in [2.05, 4.69) is 72.5 Å². The lowest BCUT2D eigenvalue weighted by Gasteiger charge is -2.35. The highest BCUT2D eigenvalue weighted by Crippen LogP contribution is 2.41. The average Bonchev–Trinajstić information content (AvgIpc) is 2.88. The van der Waals surface area contributed by atoms with Crippen molar-refractivity contribution < 1.29 is 4.74 Å². The molecule has 0 saturated carbocycles. The first kappa shape index (κ1) is 33.4. The number of para-hydroxylation sites is 1. The third-order valence-electron chi connectivity index (χ3n) is 6.35. The van der Waals surface area contributed by atoms with E-state index in [1.165, 1.54) is 28.5 Å². The van der Waals surface area contributed by atoms with E-state index in [9.17, 15) is 0 Å². The summed E-state index contributed by atoms with van der Waals surface area (Å²) >= 11 is 0. The minimum absolute atomic E-state index is 0.0489. The zero-order chi connectivity index (χ0) is 28.1. The van der Waals surface area contributed by atoms with E-state index in [0.717, 1.165) is 47.0 Å². The Hall–Kier alpha value is -2.55. The van der Waals surface area contributed by atoms with Crippen molar-refractivity contribution in [1.82, 2.24) is 4.98 Å². The van der Waals surface area contributed by atoms with Crippen LogP contribution in [-0.4, -0.2) is 10.6 Å². The molecule has 2 aromatic carbocycles. The van der Waals surface area contributed by atoms with Crippen molar-refractivity contribution in [2.24, 2.45) is 5.92 Å². The van der Waals surface area contributed by atoms with E-state index in [0.29, 0.717) is 0 Å². The van der Waals surface area contributed by atoms with E-state index in [-0.39, 0.29) is 5.60 Å². The number of aryl methyl sites for hydroxylation is 1. The summed E-state index contributed by atoms with van der Waals surface area (Å²) in [4.78, 5) is 4.38. The van der Waals surface area contributed by atoms with Crippen molar-refractivity contribution >= 4 is 16.6 Å². The second-order valence-corrected chi connectivity index (χ2v) is 9.91. The van der Waals surface area contributed by atoms with Gasteiger partial charge in [-0.1, -0.05) is 79.2 Å². The quantitative estimate of drug-likeness (QED) is 0.342. The summed E-state index contributed by atoms with van der Waals surface area (Å²) in [5.74, 6) is 1.95. The van der Waals surface area contributed by atoms with Crippen LogP contribution in [0.5, 0.6) is 5.75 Å². The van der Waals surface area contributed by atoms with Crippen molar-refractivity contribution in [3.05, 3.63) is 64.3 Å². The zero-order valence-corrected chi connectivity index (χ0v) is 25.6. The maximum absolute atomic E-state index is 6.12. The molecule has 0 amide bonds. The van der Waals surface area contributed by atoms with Gasteiger partial charge >= 0.3 is 0 Å². The Morgan fingerprint density at radius 2 is 1.44 bits per heavy atom. The molecule has 0 spiro atoms. The highest BCUT2D eigenvalue weighted by molar-refractivity contribution is 5.78. The van der Waals surface area contributed by atoms with Crippen LogP contribution in [0.2, 0.25) is 0 Å². The summed E-state index contributed by atoms with van der Waals surface area (Å²) in [5, 5.41) is 1.21. The SMILES string of the molecule is CC.CC.CCC(C)C.Cc1c(C)c2c(c(C)c1N)CCC(C)(C)O2.Cc1ccc2ccccc2n1. The van der Waals surface area contributed by atoms with E-state index in [1.807, 2.05) is 58.9 Å². The fourth-order valence-corrected chi connectivity index (χ4v) is 3.57. The Kier molecular flexibility index (Phi) is 15.1. The number of hydrogen-bond donors (Lipinski definition) is 1. The maximum Gasteiger partial charge on any atom is 0.126 e. The molecule has 0 fully saturated rings. The number of pyridine rings is 1. The van der Waals surface area contributed by atoms with Gasteiger partial charge in [0.2, 0.25) is 0 Å². The molecular weight excluding hydrogens is 440 g/mol. The molecule has 202 valence electrons. The molecule has 0 unspecified atom stereocenters. The van der Waals surface area contributed by atoms with Gasteiger partial charge in [-0.25, -0.2) is 0 Å². The number of aromatic nitrogens is 1. The molecule has 0 aliphatic carbocycles. The van der Waals surface area contributed by atoms with Gasteiger partial charge in [-0.05, 0) is 94.7 Å². The molecular formula is C33H54N2O. The number of ether oxygens (including phenoxy) is 1. The standard InChI is InChI=1S/C14H21NO.C10H9N.C5H12.2C2H6/c1-8-9(2)13-11(10(3)12(8)15)6-7-14(4,5)16-13;1-8-6-7-9-4-2-3-5-10(9)11-8;1-4-5(2)3;2*1-2/h6-7,15H2,1-5H3;2-7H,1H3;5H,4H2,1-3H3;2*1-2H3. The van der Waals surface area contributed by atoms with Gasteiger partial charge in [-0.3, -0.25) is 4.98 Å². The lowest BCUT2D eigenvalue weighted by atomic mass is 9.87. The van der Waals surface area contributed by atoms with Crippen LogP contribution in [0.25, 0.3) is 10.9 Å². The Morgan fingerprint density at radius 3 is 2.00 bits per heavy atom. The molecule has 3 heteroatoms. The molecule has 0 saturated heterocycles. The van der Waals surface area contributed by atoms with Gasteiger partial charge in [-0.15, -0.1) is 0 Å². The van der Waals surface area contributed by atoms with Crippen LogP contribution < -0.4 is 10.5 Å². The molecule has 2 heterocycles. The lowest BCUT2D eigenvalue weighted by molar-refractivity contribution is 0.0834. The molecule has 1 aliphatic rings. The molecule has 2 N–H and O–H groups in total. The van der Waals surface area contributed by atoms with Crippen LogP contribution in [0.4, 0.5) is 5.69 Å². The third-order valence-corrected chi connectivity index (χ3v) is 6.35. The van der Waals surface area contributed by atoms with Crippen molar-refractivity contribution in [3.8, 4) is 5.75 Å². The van der Waals surface area contributed by atoms with Gasteiger partial charge in [0.25, 0.3) is 0 Å². The second kappa shape index (κ2) is 16.2. The number of hydrogen-bond acceptors (Lipinski definition) is 3. The predicted octanol–water partition coefficient (Wildman–Crippen LogP) is 9.95. The number of fused-ring (bicyclic) bond motifs is 2. The van der Waals surface area contributed by atoms with Crippen LogP contribution in [-0.2, 0) is 6.42 Å². The van der Waals surface area contributed by atoms with Gasteiger partial charge in [0.1, 0.15) is 11.4 Å². The third kappa shape index (κ3) is 9.84. The van der Waals surface area contributed by atoms with Crippen LogP contribution in [0, 0.1) is 33.6 Å². The summed E-state index contributed by atoms with van der Waals surface area (Å²) in [5.41, 5.74) is 14.0. The number of rotatable bonds is 1. The summed E-state index contributed by atoms with van der Waals surface area (Å²) in [6, 6.07) is 12.3. The smallest absolute Gasteiger partial charge is 0.126 e. The largest absolute Gasteiger partial charge is 0.487 e. The van der Waals surface area contributed by atoms with Crippen molar-refractivity contribution in [1.29, 1.82) is 0 Å². The highest BCUT2D eigenvalue weighted by Gasteiger charge is 2.30. The minimum Gasteiger partial charge on any atom is -0.487 e. The molecule has 36 heavy (non-hydrogen) atoms. The molecule has 0 atom stereocenters. The van der Waals surface area contributed by atoms with Crippen LogP contribution in [0.3, 0.4) is 0 Å². The predicted molar refractivity (Wildman–Crippen MR) is 162 cm³/mol. The Bertz CT molecular complexity index is 1050.